The van der Waals surface area contributed by atoms with Gasteiger partial charge in [-0.1, -0.05) is 54.4 Å². The van der Waals surface area contributed by atoms with Crippen molar-refractivity contribution >= 4 is 23.2 Å². The van der Waals surface area contributed by atoms with Crippen molar-refractivity contribution < 1.29 is 4.39 Å². The second kappa shape index (κ2) is 7.79. The zero-order valence-electron chi connectivity index (χ0n) is 11.9. The number of nitrogens with one attached hydrogen (secondary N) is 1. The molecule has 1 unspecified atom stereocenters. The van der Waals surface area contributed by atoms with Crippen molar-refractivity contribution in [3.05, 3.63) is 69.5 Å². The van der Waals surface area contributed by atoms with Crippen molar-refractivity contribution in [2.24, 2.45) is 0 Å². The van der Waals surface area contributed by atoms with Gasteiger partial charge in [-0.2, -0.15) is 0 Å². The van der Waals surface area contributed by atoms with E-state index in [1.807, 2.05) is 24.3 Å². The molecular weight excluding hydrogens is 308 g/mol. The van der Waals surface area contributed by atoms with E-state index in [0.29, 0.717) is 0 Å². The molecule has 21 heavy (non-hydrogen) atoms. The molecule has 0 aliphatic rings. The minimum atomic E-state index is -0.383. The van der Waals surface area contributed by atoms with Gasteiger partial charge in [-0.3, -0.25) is 0 Å². The molecule has 0 fully saturated rings. The van der Waals surface area contributed by atoms with Gasteiger partial charge in [0.05, 0.1) is 5.02 Å². The fourth-order valence-electron chi connectivity index (χ4n) is 2.39. The summed E-state index contributed by atoms with van der Waals surface area (Å²) in [5, 5.41) is 4.39. The van der Waals surface area contributed by atoms with Crippen molar-refractivity contribution in [1.82, 2.24) is 5.32 Å². The van der Waals surface area contributed by atoms with Gasteiger partial charge >= 0.3 is 0 Å². The Morgan fingerprint density at radius 2 is 1.81 bits per heavy atom. The van der Waals surface area contributed by atoms with Crippen LogP contribution in [-0.4, -0.2) is 12.6 Å². The number of benzene rings is 2. The minimum absolute atomic E-state index is 0.167. The maximum Gasteiger partial charge on any atom is 0.141 e. The van der Waals surface area contributed by atoms with Gasteiger partial charge < -0.3 is 5.32 Å². The third kappa shape index (κ3) is 4.70. The first-order valence-corrected chi connectivity index (χ1v) is 7.76. The zero-order valence-corrected chi connectivity index (χ0v) is 13.4. The van der Waals surface area contributed by atoms with Gasteiger partial charge in [0.1, 0.15) is 5.82 Å². The van der Waals surface area contributed by atoms with Crippen molar-refractivity contribution in [3.8, 4) is 0 Å². The van der Waals surface area contributed by atoms with Crippen molar-refractivity contribution in [1.29, 1.82) is 0 Å². The Hall–Kier alpha value is -1.09. The zero-order chi connectivity index (χ0) is 15.2. The molecule has 0 aliphatic heterocycles. The highest BCUT2D eigenvalue weighted by molar-refractivity contribution is 6.31. The average Bonchev–Trinajstić information content (AvgIpc) is 2.46. The van der Waals surface area contributed by atoms with E-state index in [0.717, 1.165) is 35.5 Å². The lowest BCUT2D eigenvalue weighted by molar-refractivity contribution is 0.521. The molecule has 112 valence electrons. The smallest absolute Gasteiger partial charge is 0.141 e. The number of halogens is 3. The van der Waals surface area contributed by atoms with E-state index in [1.54, 1.807) is 12.1 Å². The molecule has 2 rings (SSSR count). The molecule has 0 radical (unpaired) electrons. The molecule has 2 aromatic carbocycles. The van der Waals surface area contributed by atoms with Crippen LogP contribution in [0.1, 0.15) is 18.1 Å². The standard InChI is InChI=1S/C17H18Cl2FN/c1-2-21-14(11-13-5-3-4-6-15(13)18)9-12-7-8-17(20)16(19)10-12/h3-8,10,14,21H,2,9,11H2,1H3. The maximum absolute atomic E-state index is 13.2. The summed E-state index contributed by atoms with van der Waals surface area (Å²) in [6.45, 7) is 2.93. The van der Waals surface area contributed by atoms with Gasteiger partial charge in [0.25, 0.3) is 0 Å². The van der Waals surface area contributed by atoms with Crippen molar-refractivity contribution in [2.75, 3.05) is 6.54 Å². The molecule has 0 heterocycles. The number of hydrogen-bond donors (Lipinski definition) is 1. The lowest BCUT2D eigenvalue weighted by Crippen LogP contribution is -2.33. The van der Waals surface area contributed by atoms with Gasteiger partial charge in [-0.05, 0) is 48.7 Å². The molecule has 1 N–H and O–H groups in total. The lowest BCUT2D eigenvalue weighted by atomic mass is 9.99. The van der Waals surface area contributed by atoms with Gasteiger partial charge in [0.2, 0.25) is 0 Å². The van der Waals surface area contributed by atoms with Crippen LogP contribution in [0.2, 0.25) is 10.0 Å². The predicted molar refractivity (Wildman–Crippen MR) is 87.7 cm³/mol. The summed E-state index contributed by atoms with van der Waals surface area (Å²) in [4.78, 5) is 0. The molecule has 0 aromatic heterocycles. The van der Waals surface area contributed by atoms with Gasteiger partial charge in [-0.25, -0.2) is 4.39 Å². The third-order valence-electron chi connectivity index (χ3n) is 3.38. The highest BCUT2D eigenvalue weighted by Crippen LogP contribution is 2.20. The Balaban J connectivity index is 2.11. The molecule has 0 bridgehead atoms. The maximum atomic E-state index is 13.2. The van der Waals surface area contributed by atoms with Crippen LogP contribution in [0.3, 0.4) is 0 Å². The third-order valence-corrected chi connectivity index (χ3v) is 4.04. The first kappa shape index (κ1) is 16.3. The molecule has 4 heteroatoms. The Labute approximate surface area is 135 Å². The summed E-state index contributed by atoms with van der Waals surface area (Å²) in [7, 11) is 0. The van der Waals surface area contributed by atoms with Gasteiger partial charge in [0, 0.05) is 11.1 Å². The minimum Gasteiger partial charge on any atom is -0.314 e. The summed E-state index contributed by atoms with van der Waals surface area (Å²) >= 11 is 12.1. The Morgan fingerprint density at radius 3 is 2.48 bits per heavy atom. The van der Waals surface area contributed by atoms with E-state index >= 15 is 0 Å². The highest BCUT2D eigenvalue weighted by atomic mass is 35.5. The lowest BCUT2D eigenvalue weighted by Gasteiger charge is -2.19. The van der Waals surface area contributed by atoms with Crippen LogP contribution in [0.4, 0.5) is 4.39 Å². The van der Waals surface area contributed by atoms with E-state index in [2.05, 4.69) is 12.2 Å². The van der Waals surface area contributed by atoms with E-state index < -0.39 is 0 Å². The largest absolute Gasteiger partial charge is 0.314 e. The Bertz CT molecular complexity index is 601. The van der Waals surface area contributed by atoms with Crippen molar-refractivity contribution in [3.63, 3.8) is 0 Å². The monoisotopic (exact) mass is 325 g/mol. The topological polar surface area (TPSA) is 12.0 Å². The predicted octanol–water partition coefficient (Wildman–Crippen LogP) is 4.90. The fraction of sp³-hybridized carbons (Fsp3) is 0.294. The molecule has 1 nitrogen and oxygen atoms in total. The normalized spacial score (nSPS) is 12.4. The van der Waals surface area contributed by atoms with Crippen LogP contribution in [-0.2, 0) is 12.8 Å². The van der Waals surface area contributed by atoms with Crippen LogP contribution in [0, 0.1) is 5.82 Å². The van der Waals surface area contributed by atoms with Crippen LogP contribution in [0.15, 0.2) is 42.5 Å². The van der Waals surface area contributed by atoms with Gasteiger partial charge in [0.15, 0.2) is 0 Å². The molecule has 0 saturated heterocycles. The molecule has 2 aromatic rings. The summed E-state index contributed by atoms with van der Waals surface area (Å²) in [5.74, 6) is -0.383. The first-order valence-electron chi connectivity index (χ1n) is 7.01. The molecule has 0 aliphatic carbocycles. The summed E-state index contributed by atoms with van der Waals surface area (Å²) in [5.41, 5.74) is 2.12. The van der Waals surface area contributed by atoms with E-state index in [4.69, 9.17) is 23.2 Å². The van der Waals surface area contributed by atoms with E-state index in [-0.39, 0.29) is 16.9 Å². The SMILES string of the molecule is CCNC(Cc1ccc(F)c(Cl)c1)Cc1ccccc1Cl. The number of likely N-dealkylation sites (N-methyl/N-ethyl adjacent to an activating group) is 1. The Morgan fingerprint density at radius 1 is 1.05 bits per heavy atom. The van der Waals surface area contributed by atoms with E-state index in [1.165, 1.54) is 6.07 Å². The summed E-state index contributed by atoms with van der Waals surface area (Å²) in [6, 6.07) is 12.9. The molecule has 0 amide bonds. The highest BCUT2D eigenvalue weighted by Gasteiger charge is 2.12. The fourth-order valence-corrected chi connectivity index (χ4v) is 2.80. The second-order valence-electron chi connectivity index (χ2n) is 5.00. The quantitative estimate of drug-likeness (QED) is 0.796. The molecule has 1 atom stereocenters. The number of rotatable bonds is 6. The summed E-state index contributed by atoms with van der Waals surface area (Å²) < 4.78 is 13.2. The number of hydrogen-bond acceptors (Lipinski definition) is 1. The van der Waals surface area contributed by atoms with Crippen LogP contribution < -0.4 is 5.32 Å². The second-order valence-corrected chi connectivity index (χ2v) is 5.82. The van der Waals surface area contributed by atoms with Crippen LogP contribution >= 0.6 is 23.2 Å². The molecular formula is C17H18Cl2FN. The average molecular weight is 326 g/mol. The molecule has 0 spiro atoms. The van der Waals surface area contributed by atoms with Crippen LogP contribution in [0.5, 0.6) is 0 Å². The van der Waals surface area contributed by atoms with Gasteiger partial charge in [-0.15, -0.1) is 0 Å². The first-order chi connectivity index (χ1) is 10.1. The Kier molecular flexibility index (Phi) is 6.04. The van der Waals surface area contributed by atoms with E-state index in [9.17, 15) is 4.39 Å². The van der Waals surface area contributed by atoms with Crippen molar-refractivity contribution in [2.45, 2.75) is 25.8 Å². The summed E-state index contributed by atoms with van der Waals surface area (Å²) in [6.07, 6.45) is 1.60. The molecule has 0 saturated carbocycles. The van der Waals surface area contributed by atoms with Crippen LogP contribution in [0.25, 0.3) is 0 Å².